The number of nitrogens with one attached hydrogen (secondary N) is 1. The molecule has 194 valence electrons. The zero-order valence-electron chi connectivity index (χ0n) is 20.1. The van der Waals surface area contributed by atoms with Crippen molar-refractivity contribution in [1.29, 1.82) is 0 Å². The number of halogens is 3. The second-order valence-corrected chi connectivity index (χ2v) is 8.82. The SMILES string of the molecule is O=C(NCCc1ccccc1)C1=C[C@H](c2ccc(C(F)(F)F)cc2)C[C@H](OCc2ccc(CO)cc2)O1. The largest absolute Gasteiger partial charge is 0.459 e. The van der Waals surface area contributed by atoms with Crippen LogP contribution in [-0.2, 0) is 40.1 Å². The zero-order chi connectivity index (χ0) is 26.3. The van der Waals surface area contributed by atoms with Gasteiger partial charge in [-0.25, -0.2) is 0 Å². The Kier molecular flexibility index (Phi) is 8.63. The van der Waals surface area contributed by atoms with E-state index < -0.39 is 23.9 Å². The lowest BCUT2D eigenvalue weighted by molar-refractivity contribution is -0.150. The maximum atomic E-state index is 13.0. The van der Waals surface area contributed by atoms with Gasteiger partial charge in [-0.15, -0.1) is 0 Å². The number of alkyl halides is 3. The highest BCUT2D eigenvalue weighted by molar-refractivity contribution is 5.91. The van der Waals surface area contributed by atoms with Crippen LogP contribution in [-0.4, -0.2) is 23.8 Å². The van der Waals surface area contributed by atoms with Gasteiger partial charge in [0.15, 0.2) is 5.76 Å². The molecular weight excluding hydrogens is 483 g/mol. The first-order chi connectivity index (χ1) is 17.8. The summed E-state index contributed by atoms with van der Waals surface area (Å²) in [5.41, 5.74) is 2.61. The molecule has 0 aromatic heterocycles. The number of rotatable bonds is 9. The number of benzene rings is 3. The molecule has 1 heterocycles. The van der Waals surface area contributed by atoms with Crippen LogP contribution >= 0.6 is 0 Å². The van der Waals surface area contributed by atoms with Crippen molar-refractivity contribution in [3.05, 3.63) is 119 Å². The molecule has 1 amide bonds. The highest BCUT2D eigenvalue weighted by Gasteiger charge is 2.32. The van der Waals surface area contributed by atoms with Gasteiger partial charge in [-0.3, -0.25) is 4.79 Å². The molecule has 2 N–H and O–H groups in total. The number of hydrogen-bond acceptors (Lipinski definition) is 4. The predicted molar refractivity (Wildman–Crippen MR) is 132 cm³/mol. The molecule has 0 bridgehead atoms. The Morgan fingerprint density at radius 3 is 2.27 bits per heavy atom. The Hall–Kier alpha value is -3.62. The number of allylic oxidation sites excluding steroid dienone is 1. The van der Waals surface area contributed by atoms with Crippen molar-refractivity contribution in [2.45, 2.75) is 44.4 Å². The Bertz CT molecular complexity index is 1190. The first kappa shape index (κ1) is 26.4. The third-order valence-electron chi connectivity index (χ3n) is 6.13. The highest BCUT2D eigenvalue weighted by atomic mass is 19.4. The standard InChI is InChI=1S/C29H28F3NO4/c30-29(31,32)25-12-10-23(11-13-25)24-16-26(28(35)33-15-14-20-4-2-1-3-5-20)37-27(17-24)36-19-22-8-6-21(18-34)7-9-22/h1-13,16,24,27,34H,14-15,17-19H2,(H,33,35)/t24-,27+/m0/s1. The van der Waals surface area contributed by atoms with Gasteiger partial charge in [0.1, 0.15) is 0 Å². The predicted octanol–water partition coefficient (Wildman–Crippen LogP) is 5.49. The van der Waals surface area contributed by atoms with E-state index in [0.29, 0.717) is 24.9 Å². The smallest absolute Gasteiger partial charge is 0.416 e. The molecule has 1 aliphatic heterocycles. The molecule has 2 atom stereocenters. The van der Waals surface area contributed by atoms with Crippen LogP contribution in [0.1, 0.15) is 40.2 Å². The quantitative estimate of drug-likeness (QED) is 0.399. The number of carbonyl (C=O) groups excluding carboxylic acids is 1. The van der Waals surface area contributed by atoms with E-state index >= 15 is 0 Å². The lowest BCUT2D eigenvalue weighted by Crippen LogP contribution is -2.33. The van der Waals surface area contributed by atoms with Crippen molar-refractivity contribution in [2.75, 3.05) is 6.54 Å². The van der Waals surface area contributed by atoms with Crippen molar-refractivity contribution in [3.8, 4) is 0 Å². The molecule has 0 saturated carbocycles. The Labute approximate surface area is 213 Å². The minimum atomic E-state index is -4.43. The summed E-state index contributed by atoms with van der Waals surface area (Å²) in [6, 6.07) is 21.9. The topological polar surface area (TPSA) is 67.8 Å². The minimum Gasteiger partial charge on any atom is -0.459 e. The number of aliphatic hydroxyl groups excluding tert-OH is 1. The van der Waals surface area contributed by atoms with Crippen molar-refractivity contribution in [1.82, 2.24) is 5.32 Å². The van der Waals surface area contributed by atoms with Crippen molar-refractivity contribution in [2.24, 2.45) is 0 Å². The first-order valence-corrected chi connectivity index (χ1v) is 12.0. The molecule has 0 unspecified atom stereocenters. The molecule has 0 spiro atoms. The second kappa shape index (κ2) is 12.1. The molecule has 0 radical (unpaired) electrons. The van der Waals surface area contributed by atoms with Gasteiger partial charge in [0.2, 0.25) is 6.29 Å². The van der Waals surface area contributed by atoms with Crippen LogP contribution in [0.5, 0.6) is 0 Å². The lowest BCUT2D eigenvalue weighted by Gasteiger charge is -2.29. The summed E-state index contributed by atoms with van der Waals surface area (Å²) in [4.78, 5) is 12.9. The summed E-state index contributed by atoms with van der Waals surface area (Å²) in [6.07, 6.45) is -2.58. The zero-order valence-corrected chi connectivity index (χ0v) is 20.1. The average Bonchev–Trinajstić information content (AvgIpc) is 2.92. The Morgan fingerprint density at radius 1 is 0.946 bits per heavy atom. The first-order valence-electron chi connectivity index (χ1n) is 12.0. The maximum Gasteiger partial charge on any atom is 0.416 e. The van der Waals surface area contributed by atoms with Gasteiger partial charge in [-0.2, -0.15) is 13.2 Å². The van der Waals surface area contributed by atoms with Crippen LogP contribution in [0.4, 0.5) is 13.2 Å². The second-order valence-electron chi connectivity index (χ2n) is 8.82. The van der Waals surface area contributed by atoms with E-state index in [4.69, 9.17) is 9.47 Å². The highest BCUT2D eigenvalue weighted by Crippen LogP contribution is 2.34. The number of ether oxygens (including phenoxy) is 2. The van der Waals surface area contributed by atoms with Crippen molar-refractivity contribution >= 4 is 5.91 Å². The third-order valence-corrected chi connectivity index (χ3v) is 6.13. The molecule has 0 fully saturated rings. The lowest BCUT2D eigenvalue weighted by atomic mass is 9.92. The number of hydrogen-bond donors (Lipinski definition) is 2. The molecule has 0 saturated heterocycles. The summed E-state index contributed by atoms with van der Waals surface area (Å²) in [5.74, 6) is -0.703. The third kappa shape index (κ3) is 7.44. The fourth-order valence-electron chi connectivity index (χ4n) is 4.05. The summed E-state index contributed by atoms with van der Waals surface area (Å²) >= 11 is 0. The Morgan fingerprint density at radius 2 is 1.62 bits per heavy atom. The molecule has 1 aliphatic rings. The molecule has 4 rings (SSSR count). The van der Waals surface area contributed by atoms with E-state index in [9.17, 15) is 23.1 Å². The van der Waals surface area contributed by atoms with E-state index in [1.54, 1.807) is 18.2 Å². The summed E-state index contributed by atoms with van der Waals surface area (Å²) in [5, 5.41) is 12.1. The van der Waals surface area contributed by atoms with Crippen LogP contribution in [0.2, 0.25) is 0 Å². The van der Waals surface area contributed by atoms with Crippen molar-refractivity contribution in [3.63, 3.8) is 0 Å². The van der Waals surface area contributed by atoms with E-state index in [1.807, 2.05) is 42.5 Å². The molecule has 37 heavy (non-hydrogen) atoms. The van der Waals surface area contributed by atoms with E-state index in [0.717, 1.165) is 28.8 Å². The van der Waals surface area contributed by atoms with E-state index in [2.05, 4.69) is 5.32 Å². The van der Waals surface area contributed by atoms with Crippen LogP contribution in [0.3, 0.4) is 0 Å². The number of amides is 1. The van der Waals surface area contributed by atoms with E-state index in [-0.39, 0.29) is 24.9 Å². The Balaban J connectivity index is 1.46. The van der Waals surface area contributed by atoms with Crippen LogP contribution in [0, 0.1) is 0 Å². The molecular formula is C29H28F3NO4. The van der Waals surface area contributed by atoms with Gasteiger partial charge in [-0.05, 0) is 46.9 Å². The number of carbonyl (C=O) groups is 1. The molecule has 0 aliphatic carbocycles. The molecule has 3 aromatic rings. The van der Waals surface area contributed by atoms with Gasteiger partial charge in [0.05, 0.1) is 18.8 Å². The average molecular weight is 512 g/mol. The van der Waals surface area contributed by atoms with Gasteiger partial charge in [0, 0.05) is 18.9 Å². The van der Waals surface area contributed by atoms with Crippen LogP contribution < -0.4 is 5.32 Å². The molecule has 3 aromatic carbocycles. The van der Waals surface area contributed by atoms with E-state index in [1.165, 1.54) is 12.1 Å². The molecule has 5 nitrogen and oxygen atoms in total. The summed E-state index contributed by atoms with van der Waals surface area (Å²) < 4.78 is 50.9. The van der Waals surface area contributed by atoms with Gasteiger partial charge < -0.3 is 19.9 Å². The molecule has 8 heteroatoms. The van der Waals surface area contributed by atoms with Gasteiger partial charge in [0.25, 0.3) is 5.91 Å². The number of aliphatic hydroxyl groups is 1. The fourth-order valence-corrected chi connectivity index (χ4v) is 4.05. The van der Waals surface area contributed by atoms with Gasteiger partial charge in [-0.1, -0.05) is 66.7 Å². The normalized spacial score (nSPS) is 17.6. The fraction of sp³-hybridized carbons (Fsp3) is 0.276. The summed E-state index contributed by atoms with van der Waals surface area (Å²) in [6.45, 7) is 0.547. The monoisotopic (exact) mass is 511 g/mol. The van der Waals surface area contributed by atoms with Crippen LogP contribution in [0.15, 0.2) is 90.7 Å². The maximum absolute atomic E-state index is 13.0. The van der Waals surface area contributed by atoms with Crippen molar-refractivity contribution < 1.29 is 32.5 Å². The van der Waals surface area contributed by atoms with Gasteiger partial charge >= 0.3 is 6.18 Å². The minimum absolute atomic E-state index is 0.0603. The summed E-state index contributed by atoms with van der Waals surface area (Å²) in [7, 11) is 0. The van der Waals surface area contributed by atoms with Crippen LogP contribution in [0.25, 0.3) is 0 Å².